The lowest BCUT2D eigenvalue weighted by Gasteiger charge is -2.32. The average molecular weight is 333 g/mol. The first-order valence-electron chi connectivity index (χ1n) is 6.30. The molecular formula is C14H13BrN4O. The quantitative estimate of drug-likeness (QED) is 0.869. The number of carbonyl (C=O) groups is 1. The highest BCUT2D eigenvalue weighted by Crippen LogP contribution is 2.33. The van der Waals surface area contributed by atoms with Crippen LogP contribution in [0.2, 0.25) is 0 Å². The van der Waals surface area contributed by atoms with Gasteiger partial charge in [0, 0.05) is 29.1 Å². The van der Waals surface area contributed by atoms with Gasteiger partial charge < -0.3 is 9.88 Å². The van der Waals surface area contributed by atoms with Gasteiger partial charge in [0.2, 0.25) is 5.91 Å². The molecule has 1 saturated heterocycles. The number of likely N-dealkylation sites (N-methyl/N-ethyl adjacent to an activating group) is 1. The number of amides is 1. The number of carbonyl (C=O) groups excluding carboxylic acids is 1. The summed E-state index contributed by atoms with van der Waals surface area (Å²) >= 11 is 3.46. The van der Waals surface area contributed by atoms with Crippen LogP contribution in [0.15, 0.2) is 22.8 Å². The number of hydrogen-bond acceptors (Lipinski definition) is 3. The molecule has 1 amide bonds. The van der Waals surface area contributed by atoms with Crippen molar-refractivity contribution in [1.82, 2.24) is 9.88 Å². The molecule has 6 heteroatoms. The highest BCUT2D eigenvalue weighted by molar-refractivity contribution is 9.10. The SMILES string of the molecule is CN1CCN(c2cc(C#N)cc3c(Br)c[nH]c23)C(=O)C1. The van der Waals surface area contributed by atoms with Crippen LogP contribution in [-0.4, -0.2) is 42.5 Å². The van der Waals surface area contributed by atoms with Crippen LogP contribution in [0.1, 0.15) is 5.56 Å². The number of halogens is 1. The van der Waals surface area contributed by atoms with Crippen molar-refractivity contribution < 1.29 is 4.79 Å². The van der Waals surface area contributed by atoms with Gasteiger partial charge in [0.05, 0.1) is 29.4 Å². The van der Waals surface area contributed by atoms with Crippen LogP contribution >= 0.6 is 15.9 Å². The molecule has 0 saturated carbocycles. The van der Waals surface area contributed by atoms with Crippen molar-refractivity contribution in [2.75, 3.05) is 31.6 Å². The van der Waals surface area contributed by atoms with Crippen LogP contribution in [0.3, 0.4) is 0 Å². The molecule has 2 heterocycles. The molecule has 1 aliphatic rings. The molecule has 102 valence electrons. The monoisotopic (exact) mass is 332 g/mol. The van der Waals surface area contributed by atoms with Crippen LogP contribution in [0.4, 0.5) is 5.69 Å². The van der Waals surface area contributed by atoms with Crippen molar-refractivity contribution in [3.05, 3.63) is 28.4 Å². The van der Waals surface area contributed by atoms with E-state index in [4.69, 9.17) is 5.26 Å². The van der Waals surface area contributed by atoms with Crippen molar-refractivity contribution in [3.63, 3.8) is 0 Å². The van der Waals surface area contributed by atoms with Crippen molar-refractivity contribution in [2.45, 2.75) is 0 Å². The predicted octanol–water partition coefficient (Wildman–Crippen LogP) is 2.08. The van der Waals surface area contributed by atoms with Gasteiger partial charge in [-0.15, -0.1) is 0 Å². The Hall–Kier alpha value is -1.84. The van der Waals surface area contributed by atoms with E-state index in [1.165, 1.54) is 0 Å². The maximum Gasteiger partial charge on any atom is 0.241 e. The minimum Gasteiger partial charge on any atom is -0.358 e. The molecule has 1 aromatic carbocycles. The molecule has 0 unspecified atom stereocenters. The smallest absolute Gasteiger partial charge is 0.241 e. The Morgan fingerprint density at radius 3 is 2.90 bits per heavy atom. The summed E-state index contributed by atoms with van der Waals surface area (Å²) in [6.07, 6.45) is 1.83. The summed E-state index contributed by atoms with van der Waals surface area (Å²) in [6.45, 7) is 1.86. The van der Waals surface area contributed by atoms with Gasteiger partial charge in [-0.1, -0.05) is 0 Å². The summed E-state index contributed by atoms with van der Waals surface area (Å²) in [7, 11) is 1.93. The van der Waals surface area contributed by atoms with Crippen LogP contribution in [0.25, 0.3) is 10.9 Å². The van der Waals surface area contributed by atoms with Gasteiger partial charge in [0.1, 0.15) is 0 Å². The number of rotatable bonds is 1. The topological polar surface area (TPSA) is 63.1 Å². The molecule has 1 N–H and O–H groups in total. The van der Waals surface area contributed by atoms with E-state index in [0.29, 0.717) is 18.7 Å². The lowest BCUT2D eigenvalue weighted by atomic mass is 10.1. The summed E-state index contributed by atoms with van der Waals surface area (Å²) in [5.74, 6) is 0.0564. The van der Waals surface area contributed by atoms with Gasteiger partial charge in [-0.2, -0.15) is 5.26 Å². The third-order valence-electron chi connectivity index (χ3n) is 3.55. The number of benzene rings is 1. The maximum atomic E-state index is 12.2. The summed E-state index contributed by atoms with van der Waals surface area (Å²) in [6, 6.07) is 5.75. The van der Waals surface area contributed by atoms with Gasteiger partial charge in [0.25, 0.3) is 0 Å². The molecule has 1 aromatic heterocycles. The van der Waals surface area contributed by atoms with E-state index in [0.717, 1.165) is 27.6 Å². The number of H-pyrrole nitrogens is 1. The molecule has 2 aromatic rings. The van der Waals surface area contributed by atoms with Gasteiger partial charge in [-0.3, -0.25) is 9.69 Å². The van der Waals surface area contributed by atoms with E-state index in [1.807, 2.05) is 24.2 Å². The summed E-state index contributed by atoms with van der Waals surface area (Å²) in [4.78, 5) is 19.2. The number of nitriles is 1. The van der Waals surface area contributed by atoms with Gasteiger partial charge in [-0.05, 0) is 35.1 Å². The number of anilines is 1. The molecule has 0 radical (unpaired) electrons. The molecule has 0 spiro atoms. The van der Waals surface area contributed by atoms with E-state index in [-0.39, 0.29) is 5.91 Å². The molecular weight excluding hydrogens is 320 g/mol. The van der Waals surface area contributed by atoms with Gasteiger partial charge in [-0.25, -0.2) is 0 Å². The number of nitrogens with one attached hydrogen (secondary N) is 1. The fraction of sp³-hybridized carbons (Fsp3) is 0.286. The summed E-state index contributed by atoms with van der Waals surface area (Å²) in [5.41, 5.74) is 2.22. The average Bonchev–Trinajstić information content (AvgIpc) is 2.80. The lowest BCUT2D eigenvalue weighted by molar-refractivity contribution is -0.120. The van der Waals surface area contributed by atoms with Crippen molar-refractivity contribution in [1.29, 1.82) is 5.26 Å². The summed E-state index contributed by atoms with van der Waals surface area (Å²) in [5, 5.41) is 10.1. The second-order valence-corrected chi connectivity index (χ2v) is 5.80. The van der Waals surface area contributed by atoms with E-state index >= 15 is 0 Å². The largest absolute Gasteiger partial charge is 0.358 e. The molecule has 5 nitrogen and oxygen atoms in total. The molecule has 20 heavy (non-hydrogen) atoms. The zero-order valence-electron chi connectivity index (χ0n) is 11.0. The fourth-order valence-electron chi connectivity index (χ4n) is 2.50. The molecule has 3 rings (SSSR count). The predicted molar refractivity (Wildman–Crippen MR) is 80.6 cm³/mol. The Balaban J connectivity index is 2.15. The number of hydrogen-bond donors (Lipinski definition) is 1. The molecule has 0 atom stereocenters. The number of nitrogens with zero attached hydrogens (tertiary/aromatic N) is 3. The van der Waals surface area contributed by atoms with E-state index < -0.39 is 0 Å². The molecule has 1 fully saturated rings. The van der Waals surface area contributed by atoms with Crippen LogP contribution in [0, 0.1) is 11.3 Å². The molecule has 0 bridgehead atoms. The number of aromatic amines is 1. The second-order valence-electron chi connectivity index (χ2n) is 4.95. The highest BCUT2D eigenvalue weighted by Gasteiger charge is 2.25. The Kier molecular flexibility index (Phi) is 3.24. The van der Waals surface area contributed by atoms with Crippen LogP contribution in [0.5, 0.6) is 0 Å². The standard InChI is InChI=1S/C14H13BrN4O/c1-18-2-3-19(13(20)8-18)12-5-9(6-16)4-10-11(15)7-17-14(10)12/h4-5,7,17H,2-3,8H2,1H3. The van der Waals surface area contributed by atoms with Gasteiger partial charge >= 0.3 is 0 Å². The first-order chi connectivity index (χ1) is 9.60. The first-order valence-corrected chi connectivity index (χ1v) is 7.09. The Morgan fingerprint density at radius 1 is 1.40 bits per heavy atom. The number of aromatic nitrogens is 1. The Morgan fingerprint density at radius 2 is 2.20 bits per heavy atom. The second kappa shape index (κ2) is 4.93. The fourth-order valence-corrected chi connectivity index (χ4v) is 2.93. The third kappa shape index (κ3) is 2.09. The Labute approximate surface area is 124 Å². The van der Waals surface area contributed by atoms with Gasteiger partial charge in [0.15, 0.2) is 0 Å². The highest BCUT2D eigenvalue weighted by atomic mass is 79.9. The van der Waals surface area contributed by atoms with Crippen molar-refractivity contribution in [3.8, 4) is 6.07 Å². The Bertz CT molecular complexity index is 731. The van der Waals surface area contributed by atoms with Crippen molar-refractivity contribution >= 4 is 38.4 Å². The maximum absolute atomic E-state index is 12.2. The minimum atomic E-state index is 0.0564. The normalized spacial score (nSPS) is 16.6. The van der Waals surface area contributed by atoms with Crippen LogP contribution in [-0.2, 0) is 4.79 Å². The minimum absolute atomic E-state index is 0.0564. The summed E-state index contributed by atoms with van der Waals surface area (Å²) < 4.78 is 0.896. The lowest BCUT2D eigenvalue weighted by Crippen LogP contribution is -2.49. The van der Waals surface area contributed by atoms with Crippen molar-refractivity contribution in [2.24, 2.45) is 0 Å². The zero-order valence-corrected chi connectivity index (χ0v) is 12.6. The zero-order chi connectivity index (χ0) is 14.3. The molecule has 0 aliphatic carbocycles. The van der Waals surface area contributed by atoms with Crippen LogP contribution < -0.4 is 4.90 Å². The first kappa shape index (κ1) is 13.2. The van der Waals surface area contributed by atoms with E-state index in [9.17, 15) is 4.79 Å². The molecule has 1 aliphatic heterocycles. The third-order valence-corrected chi connectivity index (χ3v) is 4.21. The van der Waals surface area contributed by atoms with E-state index in [1.54, 1.807) is 11.0 Å². The number of piperazine rings is 1. The number of fused-ring (bicyclic) bond motifs is 1. The van der Waals surface area contributed by atoms with E-state index in [2.05, 4.69) is 27.0 Å².